The molecule has 0 aromatic heterocycles. The fourth-order valence-corrected chi connectivity index (χ4v) is 10.5. The molecule has 6 atom stereocenters. The lowest BCUT2D eigenvalue weighted by Gasteiger charge is -2.22. The van der Waals surface area contributed by atoms with E-state index in [-0.39, 0.29) is 0 Å². The zero-order valence-electron chi connectivity index (χ0n) is 27.4. The molecule has 8 rings (SSSR count). The molecule has 2 unspecified atom stereocenters. The number of benzene rings is 4. The number of anilines is 2. The van der Waals surface area contributed by atoms with Crippen LogP contribution in [0.25, 0.3) is 0 Å². The summed E-state index contributed by atoms with van der Waals surface area (Å²) in [5, 5.41) is 14.2. The van der Waals surface area contributed by atoms with Gasteiger partial charge in [0.15, 0.2) is 0 Å². The third-order valence-electron chi connectivity index (χ3n) is 10.4. The molecular weight excluding hydrogens is 641 g/mol. The molecule has 4 N–H and O–H groups in total. The molecule has 4 aliphatic rings. The summed E-state index contributed by atoms with van der Waals surface area (Å²) < 4.78 is 51.5. The molecule has 252 valence electrons. The zero-order chi connectivity index (χ0) is 33.5. The van der Waals surface area contributed by atoms with Gasteiger partial charge in [-0.1, -0.05) is 43.3 Å². The summed E-state index contributed by atoms with van der Waals surface area (Å²) >= 11 is 0. The Bertz CT molecular complexity index is 1990. The molecule has 0 spiro atoms. The van der Waals surface area contributed by atoms with E-state index in [1.165, 1.54) is 0 Å². The van der Waals surface area contributed by atoms with Gasteiger partial charge in [-0.15, -0.1) is 0 Å². The first-order chi connectivity index (χ1) is 23.1. The van der Waals surface area contributed by atoms with Crippen LogP contribution < -0.4 is 21.3 Å². The maximum absolute atomic E-state index is 12.9. The fourth-order valence-electron chi connectivity index (χ4n) is 7.87. The average molecular weight is 685 g/mol. The Morgan fingerprint density at radius 2 is 1.15 bits per heavy atom. The Hall–Kier alpha value is -3.70. The Morgan fingerprint density at radius 1 is 0.604 bits per heavy atom. The first kappa shape index (κ1) is 32.8. The molecule has 0 amide bonds. The first-order valence-corrected chi connectivity index (χ1v) is 19.9. The van der Waals surface area contributed by atoms with Crippen LogP contribution in [0.4, 0.5) is 11.4 Å². The van der Waals surface area contributed by atoms with Gasteiger partial charge in [0.1, 0.15) is 0 Å². The van der Waals surface area contributed by atoms with Crippen LogP contribution in [0.2, 0.25) is 0 Å². The third-order valence-corrected chi connectivity index (χ3v) is 14.0. The van der Waals surface area contributed by atoms with Crippen LogP contribution in [-0.2, 0) is 19.7 Å². The molecule has 0 bridgehead atoms. The second kappa shape index (κ2) is 13.3. The summed E-state index contributed by atoms with van der Waals surface area (Å²) in [6, 6.07) is 29.6. The van der Waals surface area contributed by atoms with Crippen LogP contribution in [0.15, 0.2) is 117 Å². The van der Waals surface area contributed by atoms with Crippen molar-refractivity contribution in [2.75, 3.05) is 30.3 Å². The average Bonchev–Trinajstić information content (AvgIpc) is 3.50. The smallest absolute Gasteiger partial charge is 0.206 e. The molecule has 48 heavy (non-hydrogen) atoms. The van der Waals surface area contributed by atoms with E-state index in [2.05, 4.69) is 35.1 Å². The predicted octanol–water partition coefficient (Wildman–Crippen LogP) is 6.20. The van der Waals surface area contributed by atoms with Crippen molar-refractivity contribution in [3.8, 4) is 0 Å². The van der Waals surface area contributed by atoms with E-state index in [1.54, 1.807) is 60.7 Å². The lowest BCUT2D eigenvalue weighted by atomic mass is 9.87. The van der Waals surface area contributed by atoms with Crippen LogP contribution in [0, 0.1) is 5.92 Å². The minimum absolute atomic E-state index is 0.350. The minimum atomic E-state index is -3.46. The SMILES string of the molecule is CC1CNCC[C@@H]2c3cc(S(=O)(=O)c4ccccc4)ccc3N[C@@H]12.CC1C[C@H]2Nc3ccc(S(=O)(=O)c4ccccc4)cc3[C@H]2CCN1. The Morgan fingerprint density at radius 3 is 1.75 bits per heavy atom. The number of fused-ring (bicyclic) bond motifs is 6. The quantitative estimate of drug-likeness (QED) is 0.201. The summed E-state index contributed by atoms with van der Waals surface area (Å²) in [4.78, 5) is 1.48. The lowest BCUT2D eigenvalue weighted by molar-refractivity contribution is 0.454. The largest absolute Gasteiger partial charge is 0.381 e. The van der Waals surface area contributed by atoms with Crippen molar-refractivity contribution in [2.45, 2.75) is 82.7 Å². The molecule has 4 aromatic rings. The van der Waals surface area contributed by atoms with Crippen LogP contribution in [0.1, 0.15) is 56.1 Å². The van der Waals surface area contributed by atoms with Crippen LogP contribution >= 0.6 is 0 Å². The summed E-state index contributed by atoms with van der Waals surface area (Å²) in [6.07, 6.45) is 3.12. The van der Waals surface area contributed by atoms with Crippen LogP contribution in [-0.4, -0.2) is 54.6 Å². The van der Waals surface area contributed by atoms with Crippen LogP contribution in [0.3, 0.4) is 0 Å². The van der Waals surface area contributed by atoms with Gasteiger partial charge in [-0.25, -0.2) is 16.8 Å². The van der Waals surface area contributed by atoms with E-state index < -0.39 is 19.7 Å². The van der Waals surface area contributed by atoms with E-state index in [0.29, 0.717) is 55.5 Å². The van der Waals surface area contributed by atoms with Gasteiger partial charge in [0.2, 0.25) is 19.7 Å². The molecule has 2 fully saturated rings. The molecule has 10 heteroatoms. The standard InChI is InChI=1S/2C19H22N2O2S/c1-13-12-20-10-9-16-17-11-15(7-8-18(17)21-19(13)16)24(22,23)14-5-3-2-4-6-14;1-13-11-19-16(9-10-20-13)17-12-15(7-8-18(17)21-19)24(22,23)14-5-3-2-4-6-14/h2-8,11,13,16,19-21H,9-10,12H2,1H3;2-8,12-13,16,19-21H,9-11H2,1H3/t13?,16-,19+;13?,16-,19-/m11/s1. The Balaban J connectivity index is 0.000000152. The van der Waals surface area contributed by atoms with Crippen LogP contribution in [0.5, 0.6) is 0 Å². The van der Waals surface area contributed by atoms with E-state index in [4.69, 9.17) is 0 Å². The highest BCUT2D eigenvalue weighted by atomic mass is 32.2. The second-order valence-corrected chi connectivity index (χ2v) is 17.5. The first-order valence-electron chi connectivity index (χ1n) is 17.0. The predicted molar refractivity (Wildman–Crippen MR) is 190 cm³/mol. The number of nitrogens with one attached hydrogen (secondary N) is 4. The van der Waals surface area contributed by atoms with Crippen molar-refractivity contribution in [2.24, 2.45) is 5.92 Å². The molecule has 0 radical (unpaired) electrons. The van der Waals surface area contributed by atoms with Gasteiger partial charge in [0.25, 0.3) is 0 Å². The van der Waals surface area contributed by atoms with E-state index in [9.17, 15) is 16.8 Å². The van der Waals surface area contributed by atoms with Gasteiger partial charge in [0.05, 0.1) is 19.6 Å². The van der Waals surface area contributed by atoms with Crippen molar-refractivity contribution < 1.29 is 16.8 Å². The van der Waals surface area contributed by atoms with E-state index in [1.807, 2.05) is 36.4 Å². The molecule has 0 aliphatic carbocycles. The molecule has 8 nitrogen and oxygen atoms in total. The van der Waals surface area contributed by atoms with Gasteiger partial charge in [-0.2, -0.15) is 0 Å². The van der Waals surface area contributed by atoms with E-state index >= 15 is 0 Å². The summed E-state index contributed by atoms with van der Waals surface area (Å²) in [6.45, 7) is 7.40. The van der Waals surface area contributed by atoms with Crippen molar-refractivity contribution in [3.63, 3.8) is 0 Å². The van der Waals surface area contributed by atoms with Crippen molar-refractivity contribution in [3.05, 3.63) is 108 Å². The molecule has 4 aromatic carbocycles. The number of sulfone groups is 2. The molecular formula is C38H44N4O4S2. The highest BCUT2D eigenvalue weighted by molar-refractivity contribution is 7.91. The third kappa shape index (κ3) is 6.27. The maximum atomic E-state index is 12.9. The highest BCUT2D eigenvalue weighted by Gasteiger charge is 2.38. The maximum Gasteiger partial charge on any atom is 0.206 e. The van der Waals surface area contributed by atoms with Gasteiger partial charge >= 0.3 is 0 Å². The van der Waals surface area contributed by atoms with Crippen molar-refractivity contribution in [1.82, 2.24) is 10.6 Å². The zero-order valence-corrected chi connectivity index (χ0v) is 29.0. The fraction of sp³-hybridized carbons (Fsp3) is 0.368. The normalized spacial score (nSPS) is 26.1. The summed E-state index contributed by atoms with van der Waals surface area (Å²) in [5.74, 6) is 1.26. The second-order valence-electron chi connectivity index (χ2n) is 13.6. The van der Waals surface area contributed by atoms with Gasteiger partial charge < -0.3 is 21.3 Å². The molecule has 0 saturated carbocycles. The molecule has 2 saturated heterocycles. The number of hydrogen-bond donors (Lipinski definition) is 4. The van der Waals surface area contributed by atoms with Gasteiger partial charge in [-0.3, -0.25) is 0 Å². The van der Waals surface area contributed by atoms with E-state index in [0.717, 1.165) is 61.4 Å². The Labute approximate surface area is 284 Å². The summed E-state index contributed by atoms with van der Waals surface area (Å²) in [7, 11) is -6.93. The van der Waals surface area contributed by atoms with Gasteiger partial charge in [0, 0.05) is 41.3 Å². The lowest BCUT2D eigenvalue weighted by Crippen LogP contribution is -2.31. The number of rotatable bonds is 4. The number of hydrogen-bond acceptors (Lipinski definition) is 8. The summed E-state index contributed by atoms with van der Waals surface area (Å²) in [5.41, 5.74) is 4.47. The van der Waals surface area contributed by atoms with Crippen molar-refractivity contribution in [1.29, 1.82) is 0 Å². The topological polar surface area (TPSA) is 116 Å². The molecule has 4 heterocycles. The minimum Gasteiger partial charge on any atom is -0.381 e. The van der Waals surface area contributed by atoms with Gasteiger partial charge in [-0.05, 0) is 124 Å². The monoisotopic (exact) mass is 684 g/mol. The highest BCUT2D eigenvalue weighted by Crippen LogP contribution is 2.44. The van der Waals surface area contributed by atoms with Crippen molar-refractivity contribution >= 4 is 31.0 Å². The Kier molecular flexibility index (Phi) is 9.10. The molecule has 4 aliphatic heterocycles.